The van der Waals surface area contributed by atoms with Crippen LogP contribution in [0, 0.1) is 0 Å². The number of carbonyl (C=O) groups is 1. The van der Waals surface area contributed by atoms with E-state index < -0.39 is 0 Å². The molecule has 0 atom stereocenters. The molecule has 1 amide bonds. The van der Waals surface area contributed by atoms with Gasteiger partial charge in [0.05, 0.1) is 5.54 Å². The zero-order valence-electron chi connectivity index (χ0n) is 11.2. The van der Waals surface area contributed by atoms with Gasteiger partial charge in [-0.05, 0) is 24.0 Å². The molecule has 0 aliphatic carbocycles. The molecule has 1 N–H and O–H groups in total. The van der Waals surface area contributed by atoms with Crippen LogP contribution in [0.15, 0.2) is 60.7 Å². The third-order valence-electron chi connectivity index (χ3n) is 3.62. The van der Waals surface area contributed by atoms with E-state index in [1.807, 2.05) is 36.4 Å². The number of hydrogen-bond acceptors (Lipinski definition) is 2. The number of nitrogens with one attached hydrogen (secondary N) is 1. The van der Waals surface area contributed by atoms with Gasteiger partial charge in [-0.3, -0.25) is 0 Å². The lowest BCUT2D eigenvalue weighted by molar-refractivity contribution is 0.171. The summed E-state index contributed by atoms with van der Waals surface area (Å²) in [4.78, 5) is 11.5. The van der Waals surface area contributed by atoms with Gasteiger partial charge >= 0.3 is 6.09 Å². The maximum atomic E-state index is 11.5. The Labute approximate surface area is 118 Å². The van der Waals surface area contributed by atoms with E-state index in [-0.39, 0.29) is 11.6 Å². The zero-order chi connectivity index (χ0) is 13.8. The normalized spacial score (nSPS) is 16.5. The Hall–Kier alpha value is -2.29. The number of ether oxygens (including phenoxy) is 1. The van der Waals surface area contributed by atoms with Gasteiger partial charge in [-0.25, -0.2) is 4.79 Å². The fourth-order valence-corrected chi connectivity index (χ4v) is 2.72. The van der Waals surface area contributed by atoms with Crippen molar-refractivity contribution in [1.82, 2.24) is 5.32 Å². The van der Waals surface area contributed by atoms with Crippen LogP contribution in [0.2, 0.25) is 0 Å². The lowest BCUT2D eigenvalue weighted by Gasteiger charge is -2.27. The quantitative estimate of drug-likeness (QED) is 0.925. The van der Waals surface area contributed by atoms with Gasteiger partial charge in [0.2, 0.25) is 0 Å². The van der Waals surface area contributed by atoms with Crippen LogP contribution >= 0.6 is 0 Å². The molecule has 0 radical (unpaired) electrons. The Morgan fingerprint density at radius 1 is 0.900 bits per heavy atom. The standard InChI is InChI=1S/C17H17NO2/c19-16-18-17(13-20-16,11-14-7-3-1-4-8-14)12-15-9-5-2-6-10-15/h1-10H,11-13H2,(H,18,19). The molecular formula is C17H17NO2. The number of amides is 1. The summed E-state index contributed by atoms with van der Waals surface area (Å²) in [5.41, 5.74) is 2.06. The second kappa shape index (κ2) is 5.37. The van der Waals surface area contributed by atoms with Gasteiger partial charge in [0.1, 0.15) is 6.61 Å². The van der Waals surface area contributed by atoms with E-state index in [1.54, 1.807) is 0 Å². The van der Waals surface area contributed by atoms with E-state index in [9.17, 15) is 4.79 Å². The van der Waals surface area contributed by atoms with E-state index in [0.717, 1.165) is 12.8 Å². The molecular weight excluding hydrogens is 250 g/mol. The van der Waals surface area contributed by atoms with Crippen LogP contribution in [-0.2, 0) is 17.6 Å². The highest BCUT2D eigenvalue weighted by Crippen LogP contribution is 2.24. The van der Waals surface area contributed by atoms with Gasteiger partial charge < -0.3 is 10.1 Å². The second-order valence-corrected chi connectivity index (χ2v) is 5.31. The summed E-state index contributed by atoms with van der Waals surface area (Å²) in [5, 5.41) is 3.00. The Bertz CT molecular complexity index is 539. The van der Waals surface area contributed by atoms with Crippen molar-refractivity contribution in [2.24, 2.45) is 0 Å². The van der Waals surface area contributed by atoms with Gasteiger partial charge in [0.25, 0.3) is 0 Å². The number of cyclic esters (lactones) is 1. The van der Waals surface area contributed by atoms with Crippen LogP contribution in [-0.4, -0.2) is 18.2 Å². The third-order valence-corrected chi connectivity index (χ3v) is 3.62. The van der Waals surface area contributed by atoms with Crippen molar-refractivity contribution in [3.63, 3.8) is 0 Å². The maximum absolute atomic E-state index is 11.5. The molecule has 20 heavy (non-hydrogen) atoms. The van der Waals surface area contributed by atoms with Crippen molar-refractivity contribution >= 4 is 6.09 Å². The number of hydrogen-bond donors (Lipinski definition) is 1. The summed E-state index contributed by atoms with van der Waals surface area (Å²) >= 11 is 0. The van der Waals surface area contributed by atoms with E-state index in [4.69, 9.17) is 4.74 Å². The number of carbonyl (C=O) groups excluding carboxylic acids is 1. The topological polar surface area (TPSA) is 38.3 Å². The predicted octanol–water partition coefficient (Wildman–Crippen LogP) is 2.95. The van der Waals surface area contributed by atoms with Gasteiger partial charge in [-0.2, -0.15) is 0 Å². The Kier molecular flexibility index (Phi) is 3.42. The van der Waals surface area contributed by atoms with Crippen molar-refractivity contribution < 1.29 is 9.53 Å². The molecule has 102 valence electrons. The van der Waals surface area contributed by atoms with Gasteiger partial charge in [-0.1, -0.05) is 60.7 Å². The van der Waals surface area contributed by atoms with Crippen LogP contribution in [0.1, 0.15) is 11.1 Å². The largest absolute Gasteiger partial charge is 0.447 e. The first-order valence-corrected chi connectivity index (χ1v) is 6.79. The van der Waals surface area contributed by atoms with Crippen LogP contribution in [0.3, 0.4) is 0 Å². The molecule has 3 rings (SSSR count). The van der Waals surface area contributed by atoms with Crippen molar-refractivity contribution in [3.05, 3.63) is 71.8 Å². The number of alkyl carbamates (subject to hydrolysis) is 1. The van der Waals surface area contributed by atoms with Crippen LogP contribution in [0.25, 0.3) is 0 Å². The van der Waals surface area contributed by atoms with Gasteiger partial charge in [-0.15, -0.1) is 0 Å². The van der Waals surface area contributed by atoms with Gasteiger partial charge in [0.15, 0.2) is 0 Å². The molecule has 2 aromatic carbocycles. The van der Waals surface area contributed by atoms with Crippen molar-refractivity contribution in [3.8, 4) is 0 Å². The molecule has 0 bridgehead atoms. The highest BCUT2D eigenvalue weighted by Gasteiger charge is 2.39. The maximum Gasteiger partial charge on any atom is 0.407 e. The average Bonchev–Trinajstić information content (AvgIpc) is 2.82. The molecule has 2 aromatic rings. The summed E-state index contributed by atoms with van der Waals surface area (Å²) in [7, 11) is 0. The van der Waals surface area contributed by atoms with Gasteiger partial charge in [0, 0.05) is 0 Å². The minimum atomic E-state index is -0.347. The minimum absolute atomic E-state index is 0.322. The highest BCUT2D eigenvalue weighted by atomic mass is 16.6. The Balaban J connectivity index is 1.84. The van der Waals surface area contributed by atoms with E-state index in [0.29, 0.717) is 6.61 Å². The molecule has 3 heteroatoms. The van der Waals surface area contributed by atoms with Crippen molar-refractivity contribution in [2.45, 2.75) is 18.4 Å². The fraction of sp³-hybridized carbons (Fsp3) is 0.235. The second-order valence-electron chi connectivity index (χ2n) is 5.31. The Morgan fingerprint density at radius 2 is 1.40 bits per heavy atom. The SMILES string of the molecule is O=C1NC(Cc2ccccc2)(Cc2ccccc2)CO1. The smallest absolute Gasteiger partial charge is 0.407 e. The molecule has 1 fully saturated rings. The van der Waals surface area contributed by atoms with Crippen LogP contribution in [0.4, 0.5) is 4.79 Å². The summed E-state index contributed by atoms with van der Waals surface area (Å²) < 4.78 is 5.16. The molecule has 0 saturated carbocycles. The minimum Gasteiger partial charge on any atom is -0.447 e. The highest BCUT2D eigenvalue weighted by molar-refractivity contribution is 5.71. The summed E-state index contributed by atoms with van der Waals surface area (Å²) in [5.74, 6) is 0. The molecule has 1 heterocycles. The zero-order valence-corrected chi connectivity index (χ0v) is 11.2. The van der Waals surface area contributed by atoms with E-state index in [1.165, 1.54) is 11.1 Å². The summed E-state index contributed by atoms with van der Waals surface area (Å²) in [6.07, 6.45) is 1.22. The summed E-state index contributed by atoms with van der Waals surface area (Å²) in [6, 6.07) is 20.4. The fourth-order valence-electron chi connectivity index (χ4n) is 2.72. The monoisotopic (exact) mass is 267 g/mol. The lowest BCUT2D eigenvalue weighted by atomic mass is 9.86. The van der Waals surface area contributed by atoms with Crippen molar-refractivity contribution in [2.75, 3.05) is 6.61 Å². The van der Waals surface area contributed by atoms with Crippen LogP contribution in [0.5, 0.6) is 0 Å². The molecule has 1 aliphatic rings. The average molecular weight is 267 g/mol. The molecule has 3 nitrogen and oxygen atoms in total. The Morgan fingerprint density at radius 3 is 1.80 bits per heavy atom. The molecule has 1 saturated heterocycles. The van der Waals surface area contributed by atoms with E-state index in [2.05, 4.69) is 29.6 Å². The molecule has 0 aromatic heterocycles. The van der Waals surface area contributed by atoms with E-state index >= 15 is 0 Å². The number of benzene rings is 2. The first-order valence-electron chi connectivity index (χ1n) is 6.79. The van der Waals surface area contributed by atoms with Crippen molar-refractivity contribution in [1.29, 1.82) is 0 Å². The predicted molar refractivity (Wildman–Crippen MR) is 77.5 cm³/mol. The lowest BCUT2D eigenvalue weighted by Crippen LogP contribution is -2.47. The molecule has 0 spiro atoms. The first kappa shape index (κ1) is 12.7. The van der Waals surface area contributed by atoms with Crippen LogP contribution < -0.4 is 5.32 Å². The molecule has 0 unspecified atom stereocenters. The third kappa shape index (κ3) is 2.82. The first-order chi connectivity index (χ1) is 9.76. The summed E-state index contributed by atoms with van der Waals surface area (Å²) in [6.45, 7) is 0.412. The number of rotatable bonds is 4. The molecule has 1 aliphatic heterocycles.